The summed E-state index contributed by atoms with van der Waals surface area (Å²) in [6, 6.07) is 3.31. The topological polar surface area (TPSA) is 38.0 Å². The standard InChI is InChI=1S/C12H7BrF4N2/c13-5-1-10(18)12(3-6(5)14)19-11-4-8(16)7(15)2-9(11)17/h1-4,19H,18H2. The Morgan fingerprint density at radius 1 is 0.789 bits per heavy atom. The van der Waals surface area contributed by atoms with E-state index in [2.05, 4.69) is 21.2 Å². The molecule has 0 atom stereocenters. The quantitative estimate of drug-likeness (QED) is 0.487. The number of anilines is 3. The van der Waals surface area contributed by atoms with Crippen molar-refractivity contribution in [2.24, 2.45) is 0 Å². The summed E-state index contributed by atoms with van der Waals surface area (Å²) in [6.07, 6.45) is 0. The van der Waals surface area contributed by atoms with Gasteiger partial charge in [0.25, 0.3) is 0 Å². The van der Waals surface area contributed by atoms with E-state index in [9.17, 15) is 17.6 Å². The molecule has 0 aromatic heterocycles. The van der Waals surface area contributed by atoms with Gasteiger partial charge in [-0.05, 0) is 22.0 Å². The first-order valence-corrected chi connectivity index (χ1v) is 5.84. The van der Waals surface area contributed by atoms with E-state index >= 15 is 0 Å². The lowest BCUT2D eigenvalue weighted by Crippen LogP contribution is -2.01. The fraction of sp³-hybridized carbons (Fsp3) is 0. The molecule has 0 aliphatic carbocycles. The third kappa shape index (κ3) is 2.81. The summed E-state index contributed by atoms with van der Waals surface area (Å²) in [6.45, 7) is 0. The van der Waals surface area contributed by atoms with Crippen molar-refractivity contribution in [3.63, 3.8) is 0 Å². The van der Waals surface area contributed by atoms with Crippen LogP contribution in [0.4, 0.5) is 34.6 Å². The van der Waals surface area contributed by atoms with Crippen molar-refractivity contribution in [3.05, 3.63) is 52.0 Å². The number of hydrogen-bond acceptors (Lipinski definition) is 2. The first-order valence-electron chi connectivity index (χ1n) is 5.04. The molecule has 0 saturated carbocycles. The second kappa shape index (κ2) is 5.08. The summed E-state index contributed by atoms with van der Waals surface area (Å²) >= 11 is 2.93. The van der Waals surface area contributed by atoms with Crippen molar-refractivity contribution in [1.29, 1.82) is 0 Å². The molecule has 0 aliphatic rings. The zero-order valence-electron chi connectivity index (χ0n) is 9.28. The second-order valence-corrected chi connectivity index (χ2v) is 4.58. The van der Waals surface area contributed by atoms with Crippen LogP contribution in [0.2, 0.25) is 0 Å². The Morgan fingerprint density at radius 3 is 2.05 bits per heavy atom. The molecule has 3 N–H and O–H groups in total. The van der Waals surface area contributed by atoms with E-state index in [1.807, 2.05) is 0 Å². The summed E-state index contributed by atoms with van der Waals surface area (Å²) in [5.41, 5.74) is 5.44. The molecular weight excluding hydrogens is 328 g/mol. The van der Waals surface area contributed by atoms with Gasteiger partial charge in [0.05, 0.1) is 21.5 Å². The van der Waals surface area contributed by atoms with Crippen molar-refractivity contribution in [2.75, 3.05) is 11.1 Å². The fourth-order valence-corrected chi connectivity index (χ4v) is 1.80. The van der Waals surface area contributed by atoms with Gasteiger partial charge in [-0.15, -0.1) is 0 Å². The van der Waals surface area contributed by atoms with Crippen LogP contribution in [0.3, 0.4) is 0 Å². The average Bonchev–Trinajstić information content (AvgIpc) is 2.32. The number of benzene rings is 2. The molecule has 0 heterocycles. The van der Waals surface area contributed by atoms with Crippen LogP contribution in [-0.4, -0.2) is 0 Å². The van der Waals surface area contributed by atoms with E-state index in [1.54, 1.807) is 0 Å². The largest absolute Gasteiger partial charge is 0.397 e. The van der Waals surface area contributed by atoms with E-state index in [1.165, 1.54) is 6.07 Å². The molecule has 0 unspecified atom stereocenters. The summed E-state index contributed by atoms with van der Waals surface area (Å²) < 4.78 is 52.7. The van der Waals surface area contributed by atoms with E-state index < -0.39 is 23.3 Å². The predicted molar refractivity (Wildman–Crippen MR) is 68.1 cm³/mol. The van der Waals surface area contributed by atoms with Gasteiger partial charge in [-0.2, -0.15) is 0 Å². The van der Waals surface area contributed by atoms with E-state index in [-0.39, 0.29) is 21.5 Å². The van der Waals surface area contributed by atoms with Crippen LogP contribution in [0.15, 0.2) is 28.7 Å². The molecule has 0 saturated heterocycles. The van der Waals surface area contributed by atoms with Crippen molar-refractivity contribution < 1.29 is 17.6 Å². The summed E-state index contributed by atoms with van der Waals surface area (Å²) in [4.78, 5) is 0. The molecule has 2 rings (SSSR count). The smallest absolute Gasteiger partial charge is 0.161 e. The first-order chi connectivity index (χ1) is 8.88. The molecule has 0 fully saturated rings. The predicted octanol–water partition coefficient (Wildman–Crippen LogP) is 4.33. The molecular formula is C12H7BrF4N2. The SMILES string of the molecule is Nc1cc(Br)c(F)cc1Nc1cc(F)c(F)cc1F. The number of hydrogen-bond donors (Lipinski definition) is 2. The highest BCUT2D eigenvalue weighted by Gasteiger charge is 2.12. The molecule has 0 bridgehead atoms. The van der Waals surface area contributed by atoms with Gasteiger partial charge in [-0.25, -0.2) is 17.6 Å². The highest BCUT2D eigenvalue weighted by Crippen LogP contribution is 2.30. The Hall–Kier alpha value is -1.76. The van der Waals surface area contributed by atoms with E-state index in [4.69, 9.17) is 5.73 Å². The van der Waals surface area contributed by atoms with Crippen LogP contribution >= 0.6 is 15.9 Å². The van der Waals surface area contributed by atoms with Gasteiger partial charge in [0.1, 0.15) is 11.6 Å². The maximum Gasteiger partial charge on any atom is 0.161 e. The van der Waals surface area contributed by atoms with Crippen LogP contribution in [0.5, 0.6) is 0 Å². The highest BCUT2D eigenvalue weighted by molar-refractivity contribution is 9.10. The van der Waals surface area contributed by atoms with Gasteiger partial charge in [-0.3, -0.25) is 0 Å². The van der Waals surface area contributed by atoms with Crippen molar-refractivity contribution in [3.8, 4) is 0 Å². The van der Waals surface area contributed by atoms with Gasteiger partial charge in [0, 0.05) is 18.2 Å². The molecule has 2 aromatic carbocycles. The van der Waals surface area contributed by atoms with Crippen LogP contribution in [0.25, 0.3) is 0 Å². The molecule has 19 heavy (non-hydrogen) atoms. The Labute approximate surface area is 114 Å². The molecule has 2 nitrogen and oxygen atoms in total. The van der Waals surface area contributed by atoms with Gasteiger partial charge < -0.3 is 11.1 Å². The van der Waals surface area contributed by atoms with E-state index in [0.717, 1.165) is 6.07 Å². The first kappa shape index (κ1) is 13.7. The number of halogens is 5. The van der Waals surface area contributed by atoms with Crippen LogP contribution in [-0.2, 0) is 0 Å². The number of rotatable bonds is 2. The Bertz CT molecular complexity index is 591. The number of nitrogens with two attached hydrogens (primary N) is 1. The minimum absolute atomic E-state index is 0.0469. The highest BCUT2D eigenvalue weighted by atomic mass is 79.9. The molecule has 0 radical (unpaired) electrons. The molecule has 0 spiro atoms. The molecule has 2 aromatic rings. The zero-order chi connectivity index (χ0) is 14.2. The normalized spacial score (nSPS) is 10.6. The maximum atomic E-state index is 13.4. The molecule has 0 amide bonds. The van der Waals surface area contributed by atoms with Gasteiger partial charge >= 0.3 is 0 Å². The van der Waals surface area contributed by atoms with Crippen molar-refractivity contribution >= 4 is 33.0 Å². The summed E-state index contributed by atoms with van der Waals surface area (Å²) in [7, 11) is 0. The van der Waals surface area contributed by atoms with Crippen molar-refractivity contribution in [2.45, 2.75) is 0 Å². The average molecular weight is 335 g/mol. The molecule has 7 heteroatoms. The fourth-order valence-electron chi connectivity index (χ4n) is 1.43. The van der Waals surface area contributed by atoms with Gasteiger partial charge in [-0.1, -0.05) is 0 Å². The van der Waals surface area contributed by atoms with Gasteiger partial charge in [0.2, 0.25) is 0 Å². The molecule has 0 aliphatic heterocycles. The Balaban J connectivity index is 2.42. The Morgan fingerprint density at radius 2 is 1.37 bits per heavy atom. The number of nitrogens with one attached hydrogen (secondary N) is 1. The minimum Gasteiger partial charge on any atom is -0.397 e. The van der Waals surface area contributed by atoms with Crippen LogP contribution in [0.1, 0.15) is 0 Å². The minimum atomic E-state index is -1.31. The van der Waals surface area contributed by atoms with E-state index in [0.29, 0.717) is 12.1 Å². The lowest BCUT2D eigenvalue weighted by molar-refractivity contribution is 0.496. The lowest BCUT2D eigenvalue weighted by atomic mass is 10.2. The third-order valence-electron chi connectivity index (χ3n) is 2.37. The summed E-state index contributed by atoms with van der Waals surface area (Å²) in [5, 5.41) is 2.41. The summed E-state index contributed by atoms with van der Waals surface area (Å²) in [5.74, 6) is -4.17. The van der Waals surface area contributed by atoms with Crippen LogP contribution < -0.4 is 11.1 Å². The van der Waals surface area contributed by atoms with Gasteiger partial charge in [0.15, 0.2) is 11.6 Å². The zero-order valence-corrected chi connectivity index (χ0v) is 10.9. The van der Waals surface area contributed by atoms with Crippen LogP contribution in [0, 0.1) is 23.3 Å². The molecule has 100 valence electrons. The lowest BCUT2D eigenvalue weighted by Gasteiger charge is -2.11. The number of nitrogen functional groups attached to an aromatic ring is 1. The van der Waals surface area contributed by atoms with Crippen molar-refractivity contribution in [1.82, 2.24) is 0 Å². The maximum absolute atomic E-state index is 13.4. The third-order valence-corrected chi connectivity index (χ3v) is 2.98. The second-order valence-electron chi connectivity index (χ2n) is 3.72. The monoisotopic (exact) mass is 334 g/mol. The Kier molecular flexibility index (Phi) is 3.66.